The number of nitrogens with one attached hydrogen (secondary N) is 1. The van der Waals surface area contributed by atoms with Gasteiger partial charge in [-0.3, -0.25) is 4.79 Å². The molecule has 3 N–H and O–H groups in total. The maximum absolute atomic E-state index is 10.5. The molecule has 6 heteroatoms. The third kappa shape index (κ3) is 5.52. The van der Waals surface area contributed by atoms with E-state index in [1.54, 1.807) is 6.92 Å². The summed E-state index contributed by atoms with van der Waals surface area (Å²) in [6, 6.07) is 0. The summed E-state index contributed by atoms with van der Waals surface area (Å²) in [5, 5.41) is 6.88. The molecule has 0 bridgehead atoms. The van der Waals surface area contributed by atoms with E-state index >= 15 is 0 Å². The Morgan fingerprint density at radius 2 is 2.10 bits per heavy atom. The van der Waals surface area contributed by atoms with Crippen LogP contribution in [0.25, 0.3) is 0 Å². The highest BCUT2D eigenvalue weighted by Gasteiger charge is 2.08. The highest BCUT2D eigenvalue weighted by molar-refractivity contribution is 7.89. The zero-order chi connectivity index (χ0) is 8.20. The van der Waals surface area contributed by atoms with Crippen molar-refractivity contribution >= 4 is 15.9 Å². The number of hydrogen-bond acceptors (Lipinski definition) is 3. The maximum atomic E-state index is 10.5. The normalized spacial score (nSPS) is 11.0. The summed E-state index contributed by atoms with van der Waals surface area (Å²) in [7, 11) is -3.66. The van der Waals surface area contributed by atoms with Gasteiger partial charge in [-0.2, -0.15) is 0 Å². The molecule has 0 unspecified atom stereocenters. The monoisotopic (exact) mass is 166 g/mol. The van der Waals surface area contributed by atoms with Crippen LogP contribution in [0.4, 0.5) is 0 Å². The van der Waals surface area contributed by atoms with E-state index in [2.05, 4.69) is 10.5 Å². The van der Waals surface area contributed by atoms with Gasteiger partial charge in [0, 0.05) is 6.54 Å². The van der Waals surface area contributed by atoms with Gasteiger partial charge in [-0.1, -0.05) is 0 Å². The minimum Gasteiger partial charge on any atom is -0.355 e. The van der Waals surface area contributed by atoms with Crippen molar-refractivity contribution < 1.29 is 13.2 Å². The molecular formula is C4H10N2O3S. The van der Waals surface area contributed by atoms with E-state index < -0.39 is 21.7 Å². The SMILES string of the molecule is CCNC(=O)CS(N)(=O)=O. The highest BCUT2D eigenvalue weighted by Crippen LogP contribution is 1.75. The van der Waals surface area contributed by atoms with E-state index in [0.717, 1.165) is 0 Å². The second-order valence-corrected chi connectivity index (χ2v) is 3.38. The molecule has 0 saturated carbocycles. The molecule has 0 aromatic rings. The summed E-state index contributed by atoms with van der Waals surface area (Å²) < 4.78 is 20.5. The molecule has 0 heterocycles. The highest BCUT2D eigenvalue weighted by atomic mass is 32.2. The minimum absolute atomic E-state index is 0.411. The summed E-state index contributed by atoms with van der Waals surface area (Å²) in [4.78, 5) is 10.5. The number of carbonyl (C=O) groups excluding carboxylic acids is 1. The average Bonchev–Trinajstić information content (AvgIpc) is 1.59. The number of amides is 1. The van der Waals surface area contributed by atoms with Gasteiger partial charge in [-0.05, 0) is 6.92 Å². The molecule has 0 aliphatic carbocycles. The molecule has 0 aliphatic rings. The number of hydrogen-bond donors (Lipinski definition) is 2. The van der Waals surface area contributed by atoms with Gasteiger partial charge in [0.2, 0.25) is 15.9 Å². The molecule has 1 amide bonds. The van der Waals surface area contributed by atoms with Gasteiger partial charge in [0.25, 0.3) is 0 Å². The fourth-order valence-corrected chi connectivity index (χ4v) is 0.898. The molecular weight excluding hydrogens is 156 g/mol. The third-order valence-corrected chi connectivity index (χ3v) is 1.37. The Morgan fingerprint density at radius 3 is 2.40 bits per heavy atom. The zero-order valence-corrected chi connectivity index (χ0v) is 6.44. The lowest BCUT2D eigenvalue weighted by molar-refractivity contribution is -0.118. The van der Waals surface area contributed by atoms with Crippen LogP contribution < -0.4 is 10.5 Å². The van der Waals surface area contributed by atoms with Crippen molar-refractivity contribution in [3.63, 3.8) is 0 Å². The lowest BCUT2D eigenvalue weighted by Crippen LogP contribution is -2.32. The van der Waals surface area contributed by atoms with E-state index in [1.807, 2.05) is 0 Å². The first kappa shape index (κ1) is 9.38. The third-order valence-electron chi connectivity index (χ3n) is 0.706. The maximum Gasteiger partial charge on any atom is 0.236 e. The minimum atomic E-state index is -3.66. The van der Waals surface area contributed by atoms with E-state index in [-0.39, 0.29) is 0 Å². The van der Waals surface area contributed by atoms with Crippen molar-refractivity contribution in [1.82, 2.24) is 5.32 Å². The Morgan fingerprint density at radius 1 is 1.60 bits per heavy atom. The molecule has 0 radical (unpaired) electrons. The molecule has 60 valence electrons. The lowest BCUT2D eigenvalue weighted by Gasteiger charge is -1.97. The number of nitrogens with two attached hydrogens (primary N) is 1. The molecule has 0 aliphatic heterocycles. The fourth-order valence-electron chi connectivity index (χ4n) is 0.431. The predicted octanol–water partition coefficient (Wildman–Crippen LogP) is -1.59. The van der Waals surface area contributed by atoms with Crippen LogP contribution in [-0.4, -0.2) is 26.6 Å². The summed E-state index contributed by atoms with van der Waals surface area (Å²) in [6.07, 6.45) is 0. The largest absolute Gasteiger partial charge is 0.355 e. The molecule has 0 spiro atoms. The van der Waals surface area contributed by atoms with Gasteiger partial charge in [0.05, 0.1) is 0 Å². The quantitative estimate of drug-likeness (QED) is 0.529. The van der Waals surface area contributed by atoms with Crippen LogP contribution in [0.2, 0.25) is 0 Å². The zero-order valence-electron chi connectivity index (χ0n) is 5.62. The Kier molecular flexibility index (Phi) is 3.31. The summed E-state index contributed by atoms with van der Waals surface area (Å²) in [6.45, 7) is 2.11. The second kappa shape index (κ2) is 3.52. The number of sulfonamides is 1. The number of primary sulfonamides is 1. The molecule has 0 saturated heterocycles. The van der Waals surface area contributed by atoms with Gasteiger partial charge < -0.3 is 5.32 Å². The summed E-state index contributed by atoms with van der Waals surface area (Å²) >= 11 is 0. The Hall–Kier alpha value is -0.620. The lowest BCUT2D eigenvalue weighted by atomic mass is 10.6. The molecule has 5 nitrogen and oxygen atoms in total. The Bertz CT molecular complexity index is 209. The van der Waals surface area contributed by atoms with Crippen molar-refractivity contribution in [2.45, 2.75) is 6.92 Å². The molecule has 0 fully saturated rings. The fraction of sp³-hybridized carbons (Fsp3) is 0.750. The first-order valence-corrected chi connectivity index (χ1v) is 4.44. The molecule has 0 rings (SSSR count). The van der Waals surface area contributed by atoms with Crippen LogP contribution in [0, 0.1) is 0 Å². The Labute approximate surface area is 59.6 Å². The first-order chi connectivity index (χ1) is 4.45. The van der Waals surface area contributed by atoms with Gasteiger partial charge in [-0.25, -0.2) is 13.6 Å². The molecule has 0 aromatic carbocycles. The number of rotatable bonds is 3. The average molecular weight is 166 g/mol. The van der Waals surface area contributed by atoms with Crippen LogP contribution in [0.5, 0.6) is 0 Å². The summed E-state index contributed by atoms with van der Waals surface area (Å²) in [5.74, 6) is -1.20. The molecule has 0 atom stereocenters. The van der Waals surface area contributed by atoms with Crippen LogP contribution in [0.1, 0.15) is 6.92 Å². The van der Waals surface area contributed by atoms with E-state index in [9.17, 15) is 13.2 Å². The Balaban J connectivity index is 3.82. The van der Waals surface area contributed by atoms with Crippen LogP contribution in [0.3, 0.4) is 0 Å². The second-order valence-electron chi connectivity index (χ2n) is 1.76. The standard InChI is InChI=1S/C4H10N2O3S/c1-2-6-4(7)3-10(5,8)9/h2-3H2,1H3,(H,6,7)(H2,5,8,9). The van der Waals surface area contributed by atoms with Gasteiger partial charge in [0.15, 0.2) is 0 Å². The smallest absolute Gasteiger partial charge is 0.236 e. The van der Waals surface area contributed by atoms with Crippen LogP contribution >= 0.6 is 0 Å². The van der Waals surface area contributed by atoms with Crippen molar-refractivity contribution in [1.29, 1.82) is 0 Å². The van der Waals surface area contributed by atoms with Gasteiger partial charge in [-0.15, -0.1) is 0 Å². The van der Waals surface area contributed by atoms with Crippen molar-refractivity contribution in [2.24, 2.45) is 5.14 Å². The molecule has 0 aromatic heterocycles. The number of carbonyl (C=O) groups is 1. The molecule has 10 heavy (non-hydrogen) atoms. The van der Waals surface area contributed by atoms with Crippen molar-refractivity contribution in [2.75, 3.05) is 12.3 Å². The van der Waals surface area contributed by atoms with E-state index in [4.69, 9.17) is 0 Å². The van der Waals surface area contributed by atoms with E-state index in [1.165, 1.54) is 0 Å². The van der Waals surface area contributed by atoms with Crippen molar-refractivity contribution in [3.8, 4) is 0 Å². The van der Waals surface area contributed by atoms with Gasteiger partial charge >= 0.3 is 0 Å². The van der Waals surface area contributed by atoms with Crippen LogP contribution in [0.15, 0.2) is 0 Å². The van der Waals surface area contributed by atoms with Gasteiger partial charge in [0.1, 0.15) is 5.75 Å². The topological polar surface area (TPSA) is 89.3 Å². The van der Waals surface area contributed by atoms with E-state index in [0.29, 0.717) is 6.54 Å². The van der Waals surface area contributed by atoms with Crippen LogP contribution in [-0.2, 0) is 14.8 Å². The van der Waals surface area contributed by atoms with Crippen molar-refractivity contribution in [3.05, 3.63) is 0 Å². The first-order valence-electron chi connectivity index (χ1n) is 2.73. The predicted molar refractivity (Wildman–Crippen MR) is 36.7 cm³/mol. The summed E-state index contributed by atoms with van der Waals surface area (Å²) in [5.41, 5.74) is 0.